The van der Waals surface area contributed by atoms with Crippen LogP contribution in [0.25, 0.3) is 0 Å². The van der Waals surface area contributed by atoms with E-state index in [4.69, 9.17) is 0 Å². The lowest BCUT2D eigenvalue weighted by Gasteiger charge is -2.36. The monoisotopic (exact) mass is 322 g/mol. The van der Waals surface area contributed by atoms with Crippen molar-refractivity contribution in [2.45, 2.75) is 25.5 Å². The third-order valence-corrected chi connectivity index (χ3v) is 4.42. The van der Waals surface area contributed by atoms with Gasteiger partial charge in [0.15, 0.2) is 5.78 Å². The van der Waals surface area contributed by atoms with Crippen LogP contribution in [-0.2, 0) is 0 Å². The van der Waals surface area contributed by atoms with Crippen LogP contribution in [-0.4, -0.2) is 54.4 Å². The Morgan fingerprint density at radius 2 is 2.00 bits per heavy atom. The Balaban J connectivity index is 1.56. The number of nitrogens with zero attached hydrogens (tertiary/aromatic N) is 2. The fourth-order valence-electron chi connectivity index (χ4n) is 3.22. The van der Waals surface area contributed by atoms with Crippen LogP contribution in [0, 0.1) is 0 Å². The molecule has 1 aromatic rings. The molecule has 2 fully saturated rings. The highest BCUT2D eigenvalue weighted by atomic mass is 19.3. The molecule has 0 saturated carbocycles. The minimum absolute atomic E-state index is 0.0536. The average molecular weight is 322 g/mol. The summed E-state index contributed by atoms with van der Waals surface area (Å²) in [6.45, 7) is 1.27. The molecule has 4 nitrogen and oxygen atoms in total. The number of hydrogen-bond acceptors (Lipinski definition) is 4. The summed E-state index contributed by atoms with van der Waals surface area (Å²) in [5.41, 5.74) is 0.461. The Kier molecular flexibility index (Phi) is 4.91. The number of fused-ring (bicyclic) bond motifs is 1. The number of rotatable bonds is 5. The van der Waals surface area contributed by atoms with Gasteiger partial charge < -0.3 is 9.64 Å². The van der Waals surface area contributed by atoms with Crippen LogP contribution in [0.5, 0.6) is 5.75 Å². The Labute approximate surface area is 134 Å². The number of benzene rings is 1. The maximum absolute atomic E-state index is 12.1. The number of allylic oxidation sites excluding steroid dienone is 1. The van der Waals surface area contributed by atoms with E-state index in [0.717, 1.165) is 19.6 Å². The SMILES string of the molecule is O=C(/C=C/N1CCN2CCCC2C1)c1ccc(OC(F)F)cc1. The molecule has 2 aliphatic heterocycles. The van der Waals surface area contributed by atoms with E-state index in [1.165, 1.54) is 43.7 Å². The van der Waals surface area contributed by atoms with Gasteiger partial charge in [0.05, 0.1) is 0 Å². The minimum atomic E-state index is -2.86. The molecule has 0 amide bonds. The molecule has 0 bridgehead atoms. The van der Waals surface area contributed by atoms with E-state index in [0.29, 0.717) is 11.6 Å². The molecule has 0 spiro atoms. The lowest BCUT2D eigenvalue weighted by molar-refractivity contribution is -0.0498. The quantitative estimate of drug-likeness (QED) is 0.616. The number of carbonyl (C=O) groups excluding carboxylic acids is 1. The molecule has 2 heterocycles. The van der Waals surface area contributed by atoms with Gasteiger partial charge in [-0.15, -0.1) is 0 Å². The Morgan fingerprint density at radius 1 is 1.22 bits per heavy atom. The Morgan fingerprint density at radius 3 is 2.74 bits per heavy atom. The normalized spacial score (nSPS) is 21.9. The lowest BCUT2D eigenvalue weighted by atomic mass is 10.1. The van der Waals surface area contributed by atoms with E-state index in [1.807, 2.05) is 6.20 Å². The van der Waals surface area contributed by atoms with Crippen LogP contribution in [0.1, 0.15) is 23.2 Å². The third kappa shape index (κ3) is 4.07. The first-order chi connectivity index (χ1) is 11.1. The summed E-state index contributed by atoms with van der Waals surface area (Å²) in [6, 6.07) is 6.36. The van der Waals surface area contributed by atoms with Crippen molar-refractivity contribution in [3.8, 4) is 5.75 Å². The Hall–Kier alpha value is -1.95. The van der Waals surface area contributed by atoms with Crippen LogP contribution >= 0.6 is 0 Å². The molecule has 0 radical (unpaired) electrons. The standard InChI is InChI=1S/C17H20F2N2O2/c18-17(19)23-15-5-3-13(4-6-15)16(22)7-9-20-10-11-21-8-1-2-14(21)12-20/h3-7,9,14,17H,1-2,8,10-12H2/b9-7+. The number of carbonyl (C=O) groups is 1. The maximum Gasteiger partial charge on any atom is 0.387 e. The highest BCUT2D eigenvalue weighted by Gasteiger charge is 2.29. The van der Waals surface area contributed by atoms with Crippen molar-refractivity contribution in [1.82, 2.24) is 9.80 Å². The van der Waals surface area contributed by atoms with E-state index in [1.54, 1.807) is 6.08 Å². The molecule has 0 aliphatic carbocycles. The molecule has 2 saturated heterocycles. The van der Waals surface area contributed by atoms with Crippen LogP contribution < -0.4 is 4.74 Å². The molecule has 23 heavy (non-hydrogen) atoms. The highest BCUT2D eigenvalue weighted by Crippen LogP contribution is 2.21. The van der Waals surface area contributed by atoms with Crippen LogP contribution in [0.2, 0.25) is 0 Å². The molecule has 1 atom stereocenters. The first-order valence-corrected chi connectivity index (χ1v) is 7.87. The van der Waals surface area contributed by atoms with Crippen molar-refractivity contribution < 1.29 is 18.3 Å². The highest BCUT2D eigenvalue weighted by molar-refractivity contribution is 6.04. The van der Waals surface area contributed by atoms with Crippen LogP contribution in [0.3, 0.4) is 0 Å². The van der Waals surface area contributed by atoms with E-state index in [-0.39, 0.29) is 11.5 Å². The van der Waals surface area contributed by atoms with Gasteiger partial charge in [-0.2, -0.15) is 8.78 Å². The second kappa shape index (κ2) is 7.08. The van der Waals surface area contributed by atoms with Gasteiger partial charge in [0.25, 0.3) is 0 Å². The summed E-state index contributed by atoms with van der Waals surface area (Å²) in [7, 11) is 0. The zero-order valence-electron chi connectivity index (χ0n) is 12.8. The molecule has 1 unspecified atom stereocenters. The summed E-state index contributed by atoms with van der Waals surface area (Å²) >= 11 is 0. The van der Waals surface area contributed by atoms with Crippen molar-refractivity contribution in [1.29, 1.82) is 0 Å². The van der Waals surface area contributed by atoms with Crippen molar-refractivity contribution in [2.24, 2.45) is 0 Å². The number of alkyl halides is 2. The largest absolute Gasteiger partial charge is 0.435 e. The van der Waals surface area contributed by atoms with Crippen LogP contribution in [0.4, 0.5) is 8.78 Å². The van der Waals surface area contributed by atoms with E-state index >= 15 is 0 Å². The molecule has 3 rings (SSSR count). The third-order valence-electron chi connectivity index (χ3n) is 4.42. The second-order valence-electron chi connectivity index (χ2n) is 5.91. The Bertz CT molecular complexity index is 574. The zero-order valence-corrected chi connectivity index (χ0v) is 12.8. The molecular formula is C17H20F2N2O2. The fraction of sp³-hybridized carbons (Fsp3) is 0.471. The van der Waals surface area contributed by atoms with Gasteiger partial charge in [-0.1, -0.05) is 0 Å². The summed E-state index contributed by atoms with van der Waals surface area (Å²) in [5, 5.41) is 0. The number of ether oxygens (including phenoxy) is 1. The van der Waals surface area contributed by atoms with Gasteiger partial charge >= 0.3 is 6.61 Å². The average Bonchev–Trinajstić information content (AvgIpc) is 3.00. The molecule has 1 aromatic carbocycles. The summed E-state index contributed by atoms with van der Waals surface area (Å²) in [4.78, 5) is 16.8. The minimum Gasteiger partial charge on any atom is -0.435 e. The van der Waals surface area contributed by atoms with Crippen molar-refractivity contribution >= 4 is 5.78 Å². The van der Waals surface area contributed by atoms with Gasteiger partial charge in [-0.3, -0.25) is 9.69 Å². The van der Waals surface area contributed by atoms with E-state index < -0.39 is 6.61 Å². The molecule has 6 heteroatoms. The second-order valence-corrected chi connectivity index (χ2v) is 5.91. The molecule has 2 aliphatic rings. The predicted octanol–water partition coefficient (Wildman–Crippen LogP) is 2.76. The van der Waals surface area contributed by atoms with Gasteiger partial charge in [0.2, 0.25) is 0 Å². The number of halogens is 2. The molecule has 0 N–H and O–H groups in total. The molecular weight excluding hydrogens is 302 g/mol. The first kappa shape index (κ1) is 15.9. The van der Waals surface area contributed by atoms with Gasteiger partial charge in [-0.25, -0.2) is 0 Å². The number of piperazine rings is 1. The number of hydrogen-bond donors (Lipinski definition) is 0. The van der Waals surface area contributed by atoms with Crippen molar-refractivity contribution in [3.05, 3.63) is 42.1 Å². The van der Waals surface area contributed by atoms with E-state index in [2.05, 4.69) is 14.5 Å². The van der Waals surface area contributed by atoms with E-state index in [9.17, 15) is 13.6 Å². The topological polar surface area (TPSA) is 32.8 Å². The van der Waals surface area contributed by atoms with Gasteiger partial charge in [0, 0.05) is 43.5 Å². The van der Waals surface area contributed by atoms with Gasteiger partial charge in [-0.05, 0) is 43.7 Å². The van der Waals surface area contributed by atoms with Crippen molar-refractivity contribution in [2.75, 3.05) is 26.2 Å². The maximum atomic E-state index is 12.1. The number of ketones is 1. The fourth-order valence-corrected chi connectivity index (χ4v) is 3.22. The summed E-state index contributed by atoms with van der Waals surface area (Å²) < 4.78 is 28.4. The lowest BCUT2D eigenvalue weighted by Crippen LogP contribution is -2.47. The molecule has 0 aromatic heterocycles. The predicted molar refractivity (Wildman–Crippen MR) is 82.7 cm³/mol. The zero-order chi connectivity index (χ0) is 16.2. The molecule has 124 valence electrons. The summed E-state index contributed by atoms with van der Waals surface area (Å²) in [5.74, 6) is -0.0830. The smallest absolute Gasteiger partial charge is 0.387 e. The van der Waals surface area contributed by atoms with Crippen molar-refractivity contribution in [3.63, 3.8) is 0 Å². The first-order valence-electron chi connectivity index (χ1n) is 7.87. The van der Waals surface area contributed by atoms with Gasteiger partial charge in [0.1, 0.15) is 5.75 Å². The summed E-state index contributed by atoms with van der Waals surface area (Å²) in [6.07, 6.45) is 5.88. The van der Waals surface area contributed by atoms with Crippen LogP contribution in [0.15, 0.2) is 36.5 Å².